The highest BCUT2D eigenvalue weighted by molar-refractivity contribution is 5.79. The fraction of sp³-hybridized carbons (Fsp3) is 0.421. The number of nitrogens with zero attached hydrogens (tertiary/aromatic N) is 5. The molecule has 1 aromatic carbocycles. The van der Waals surface area contributed by atoms with Crippen molar-refractivity contribution in [3.05, 3.63) is 42.9 Å². The van der Waals surface area contributed by atoms with Gasteiger partial charge in [0.2, 0.25) is 0 Å². The maximum atomic E-state index is 10.6. The molecule has 1 aliphatic rings. The van der Waals surface area contributed by atoms with E-state index in [9.17, 15) is 5.11 Å². The zero-order chi connectivity index (χ0) is 18.4. The van der Waals surface area contributed by atoms with Crippen LogP contribution in [0.2, 0.25) is 0 Å². The number of anilines is 1. The number of hydrogen-bond acceptors (Lipinski definition) is 6. The lowest BCUT2D eigenvalue weighted by Gasteiger charge is -2.39. The van der Waals surface area contributed by atoms with Gasteiger partial charge in [0.05, 0.1) is 23.9 Å². The first kappa shape index (κ1) is 16.9. The van der Waals surface area contributed by atoms with Crippen molar-refractivity contribution in [1.82, 2.24) is 19.7 Å². The van der Waals surface area contributed by atoms with Crippen LogP contribution in [-0.2, 0) is 4.74 Å². The van der Waals surface area contributed by atoms with Gasteiger partial charge in [0.15, 0.2) is 5.82 Å². The topological polar surface area (TPSA) is 76.3 Å². The number of para-hydroxylation sites is 1. The van der Waals surface area contributed by atoms with Gasteiger partial charge in [-0.1, -0.05) is 18.2 Å². The van der Waals surface area contributed by atoms with E-state index in [1.807, 2.05) is 41.2 Å². The van der Waals surface area contributed by atoms with E-state index >= 15 is 0 Å². The second-order valence-electron chi connectivity index (χ2n) is 7.28. The molecule has 1 atom stereocenters. The van der Waals surface area contributed by atoms with Crippen molar-refractivity contribution in [2.75, 3.05) is 25.1 Å². The Balaban J connectivity index is 1.67. The van der Waals surface area contributed by atoms with Crippen molar-refractivity contribution in [3.63, 3.8) is 0 Å². The second kappa shape index (κ2) is 6.03. The Labute approximate surface area is 152 Å². The summed E-state index contributed by atoms with van der Waals surface area (Å²) in [4.78, 5) is 10.9. The van der Waals surface area contributed by atoms with E-state index in [4.69, 9.17) is 4.74 Å². The van der Waals surface area contributed by atoms with Crippen LogP contribution in [0.5, 0.6) is 0 Å². The fourth-order valence-electron chi connectivity index (χ4n) is 3.67. The third kappa shape index (κ3) is 2.64. The number of methoxy groups -OCH3 is 1. The smallest absolute Gasteiger partial charge is 0.159 e. The van der Waals surface area contributed by atoms with Gasteiger partial charge in [-0.15, -0.1) is 0 Å². The van der Waals surface area contributed by atoms with Crippen LogP contribution in [0.3, 0.4) is 0 Å². The molecule has 26 heavy (non-hydrogen) atoms. The Morgan fingerprint density at radius 2 is 1.96 bits per heavy atom. The molecule has 0 spiro atoms. The summed E-state index contributed by atoms with van der Waals surface area (Å²) in [5, 5.41) is 16.1. The minimum absolute atomic E-state index is 0.573. The normalized spacial score (nSPS) is 20.8. The number of benzene rings is 1. The van der Waals surface area contributed by atoms with E-state index in [-0.39, 0.29) is 0 Å². The summed E-state index contributed by atoms with van der Waals surface area (Å²) in [5.41, 5.74) is -0.553. The third-order valence-electron chi connectivity index (χ3n) is 5.39. The minimum atomic E-state index is -0.940. The Kier molecular flexibility index (Phi) is 3.93. The van der Waals surface area contributed by atoms with Crippen molar-refractivity contribution in [1.29, 1.82) is 0 Å². The van der Waals surface area contributed by atoms with Crippen molar-refractivity contribution in [3.8, 4) is 5.82 Å². The van der Waals surface area contributed by atoms with Gasteiger partial charge in [-0.05, 0) is 26.3 Å². The van der Waals surface area contributed by atoms with E-state index in [1.165, 1.54) is 0 Å². The summed E-state index contributed by atoms with van der Waals surface area (Å²) in [5.74, 6) is 1.52. The number of rotatable bonds is 4. The molecule has 3 heterocycles. The molecule has 7 nitrogen and oxygen atoms in total. The zero-order valence-corrected chi connectivity index (χ0v) is 15.3. The van der Waals surface area contributed by atoms with Crippen LogP contribution in [0.25, 0.3) is 16.7 Å². The average Bonchev–Trinajstić information content (AvgIpc) is 3.27. The third-order valence-corrected chi connectivity index (χ3v) is 5.39. The highest BCUT2D eigenvalue weighted by atomic mass is 16.5. The Hall–Kier alpha value is -2.51. The standard InChI is InChI=1S/C19H23N5O2/c1-18(2,25)19(26-3)8-9-23(12-19)16-10-17(21-13-20-16)24-15-7-5-4-6-14(15)11-22-24/h4-7,10-11,13,25H,8-9,12H2,1-3H3. The quantitative estimate of drug-likeness (QED) is 0.775. The molecule has 0 aliphatic carbocycles. The van der Waals surface area contributed by atoms with E-state index in [0.29, 0.717) is 6.54 Å². The summed E-state index contributed by atoms with van der Waals surface area (Å²) in [6.07, 6.45) is 4.12. The summed E-state index contributed by atoms with van der Waals surface area (Å²) in [6.45, 7) is 4.92. The van der Waals surface area contributed by atoms with E-state index < -0.39 is 11.2 Å². The molecule has 4 rings (SSSR count). The van der Waals surface area contributed by atoms with Crippen LogP contribution < -0.4 is 4.90 Å². The van der Waals surface area contributed by atoms with Crippen molar-refractivity contribution in [2.24, 2.45) is 0 Å². The highest BCUT2D eigenvalue weighted by Crippen LogP contribution is 2.36. The molecule has 7 heteroatoms. The minimum Gasteiger partial charge on any atom is -0.387 e. The predicted molar refractivity (Wildman–Crippen MR) is 99.5 cm³/mol. The van der Waals surface area contributed by atoms with Gasteiger partial charge >= 0.3 is 0 Å². The molecule has 3 aromatic rings. The average molecular weight is 353 g/mol. The van der Waals surface area contributed by atoms with E-state index in [0.717, 1.165) is 35.5 Å². The maximum Gasteiger partial charge on any atom is 0.159 e. The van der Waals surface area contributed by atoms with Crippen LogP contribution in [0.4, 0.5) is 5.82 Å². The lowest BCUT2D eigenvalue weighted by molar-refractivity contribution is -0.138. The summed E-state index contributed by atoms with van der Waals surface area (Å²) in [7, 11) is 1.66. The molecule has 2 aromatic heterocycles. The molecular formula is C19H23N5O2. The summed E-state index contributed by atoms with van der Waals surface area (Å²) < 4.78 is 7.54. The van der Waals surface area contributed by atoms with Crippen LogP contribution in [0, 0.1) is 0 Å². The first-order chi connectivity index (χ1) is 12.4. The number of hydrogen-bond donors (Lipinski definition) is 1. The molecule has 0 saturated carbocycles. The Bertz CT molecular complexity index is 933. The van der Waals surface area contributed by atoms with Gasteiger partial charge in [0, 0.05) is 25.1 Å². The van der Waals surface area contributed by atoms with Crippen LogP contribution >= 0.6 is 0 Å². The van der Waals surface area contributed by atoms with Gasteiger partial charge in [-0.3, -0.25) is 0 Å². The van der Waals surface area contributed by atoms with Crippen LogP contribution in [0.1, 0.15) is 20.3 Å². The molecule has 0 bridgehead atoms. The van der Waals surface area contributed by atoms with E-state index in [1.54, 1.807) is 27.3 Å². The van der Waals surface area contributed by atoms with Gasteiger partial charge in [0.1, 0.15) is 17.7 Å². The number of aliphatic hydroxyl groups is 1. The summed E-state index contributed by atoms with van der Waals surface area (Å²) in [6, 6.07) is 9.95. The van der Waals surface area contributed by atoms with Crippen LogP contribution in [-0.4, -0.2) is 56.3 Å². The first-order valence-electron chi connectivity index (χ1n) is 8.71. The van der Waals surface area contributed by atoms with Gasteiger partial charge in [-0.2, -0.15) is 5.10 Å². The number of aromatic nitrogens is 4. The van der Waals surface area contributed by atoms with Gasteiger partial charge in [-0.25, -0.2) is 14.6 Å². The lowest BCUT2D eigenvalue weighted by atomic mass is 9.85. The van der Waals surface area contributed by atoms with E-state index in [2.05, 4.69) is 20.0 Å². The number of fused-ring (bicyclic) bond motifs is 1. The molecule has 1 N–H and O–H groups in total. The first-order valence-corrected chi connectivity index (χ1v) is 8.71. The van der Waals surface area contributed by atoms with Crippen LogP contribution in [0.15, 0.2) is 42.9 Å². The molecule has 1 fully saturated rings. The van der Waals surface area contributed by atoms with Crippen molar-refractivity contribution in [2.45, 2.75) is 31.5 Å². The van der Waals surface area contributed by atoms with Gasteiger partial charge in [0.25, 0.3) is 0 Å². The monoisotopic (exact) mass is 353 g/mol. The van der Waals surface area contributed by atoms with Gasteiger partial charge < -0.3 is 14.7 Å². The Morgan fingerprint density at radius 1 is 1.19 bits per heavy atom. The molecule has 0 radical (unpaired) electrons. The molecule has 1 aliphatic heterocycles. The second-order valence-corrected chi connectivity index (χ2v) is 7.28. The van der Waals surface area contributed by atoms with Crippen molar-refractivity contribution < 1.29 is 9.84 Å². The molecule has 136 valence electrons. The predicted octanol–water partition coefficient (Wildman–Crippen LogP) is 2.18. The SMILES string of the molecule is COC1(C(C)(C)O)CCN(c2cc(-n3ncc4ccccc43)ncn2)C1. The molecule has 0 amide bonds. The molecular weight excluding hydrogens is 330 g/mol. The maximum absolute atomic E-state index is 10.6. The fourth-order valence-corrected chi connectivity index (χ4v) is 3.67. The molecule has 1 saturated heterocycles. The zero-order valence-electron chi connectivity index (χ0n) is 15.3. The molecule has 1 unspecified atom stereocenters. The van der Waals surface area contributed by atoms with Crippen molar-refractivity contribution >= 4 is 16.7 Å². The largest absolute Gasteiger partial charge is 0.387 e. The Morgan fingerprint density at radius 3 is 2.69 bits per heavy atom. The lowest BCUT2D eigenvalue weighted by Crippen LogP contribution is -2.53. The highest BCUT2D eigenvalue weighted by Gasteiger charge is 2.49. The number of ether oxygens (including phenoxy) is 1. The summed E-state index contributed by atoms with van der Waals surface area (Å²) >= 11 is 0.